The summed E-state index contributed by atoms with van der Waals surface area (Å²) in [7, 11) is 0. The van der Waals surface area contributed by atoms with Crippen LogP contribution in [-0.4, -0.2) is 15.9 Å². The van der Waals surface area contributed by atoms with Crippen molar-refractivity contribution in [2.75, 3.05) is 0 Å². The highest BCUT2D eigenvalue weighted by atomic mass is 16.6. The van der Waals surface area contributed by atoms with Gasteiger partial charge in [0, 0.05) is 17.7 Å². The number of non-ortho nitro benzene ring substituents is 1. The maximum Gasteiger partial charge on any atom is 0.269 e. The normalized spacial score (nSPS) is 11.8. The molecule has 0 spiro atoms. The lowest BCUT2D eigenvalue weighted by molar-refractivity contribution is -0.385. The molecule has 0 aromatic heterocycles. The van der Waals surface area contributed by atoms with Gasteiger partial charge in [-0.1, -0.05) is 18.7 Å². The third kappa shape index (κ3) is 2.43. The average molecular weight is 222 g/mol. The maximum atomic E-state index is 10.8. The molecule has 0 heterocycles. The Labute approximate surface area is 91.2 Å². The maximum absolute atomic E-state index is 10.8. The van der Waals surface area contributed by atoms with Gasteiger partial charge in [0.1, 0.15) is 6.10 Å². The molecule has 84 valence electrons. The quantitative estimate of drug-likeness (QED) is 0.443. The van der Waals surface area contributed by atoms with Crippen molar-refractivity contribution >= 4 is 11.6 Å². The Morgan fingerprint density at radius 2 is 2.19 bits per heavy atom. The largest absolute Gasteiger partial charge is 0.383 e. The number of nitrogens with two attached hydrogens (primary N) is 1. The molecule has 6 heteroatoms. The summed E-state index contributed by atoms with van der Waals surface area (Å²) in [6.07, 6.45) is -1.32. The molecule has 0 saturated heterocycles. The van der Waals surface area contributed by atoms with E-state index in [0.29, 0.717) is 0 Å². The highest BCUT2D eigenvalue weighted by Gasteiger charge is 2.18. The Bertz CT molecular complexity index is 456. The number of rotatable bonds is 4. The Morgan fingerprint density at radius 1 is 1.56 bits per heavy atom. The number of benzene rings is 1. The Morgan fingerprint density at radius 3 is 2.69 bits per heavy atom. The minimum absolute atomic E-state index is 0.172. The van der Waals surface area contributed by atoms with Crippen molar-refractivity contribution in [2.45, 2.75) is 6.10 Å². The number of primary amides is 1. The van der Waals surface area contributed by atoms with E-state index in [1.807, 2.05) is 0 Å². The monoisotopic (exact) mass is 222 g/mol. The second-order valence-corrected chi connectivity index (χ2v) is 3.14. The van der Waals surface area contributed by atoms with Gasteiger partial charge in [-0.2, -0.15) is 0 Å². The van der Waals surface area contributed by atoms with Crippen LogP contribution in [-0.2, 0) is 4.79 Å². The molecule has 1 rings (SSSR count). The third-order valence-electron chi connectivity index (χ3n) is 2.04. The predicted molar refractivity (Wildman–Crippen MR) is 56.4 cm³/mol. The number of carbonyl (C=O) groups is 1. The van der Waals surface area contributed by atoms with Gasteiger partial charge in [0.25, 0.3) is 5.69 Å². The van der Waals surface area contributed by atoms with Crippen molar-refractivity contribution in [1.82, 2.24) is 0 Å². The van der Waals surface area contributed by atoms with Crippen LogP contribution in [0.5, 0.6) is 0 Å². The first kappa shape index (κ1) is 11.9. The summed E-state index contributed by atoms with van der Waals surface area (Å²) in [4.78, 5) is 20.7. The molecule has 0 radical (unpaired) electrons. The van der Waals surface area contributed by atoms with Gasteiger partial charge in [-0.05, 0) is 5.56 Å². The molecule has 1 aromatic rings. The molecule has 0 bridgehead atoms. The van der Waals surface area contributed by atoms with Gasteiger partial charge in [0.05, 0.1) is 4.92 Å². The molecule has 0 aliphatic carbocycles. The fraction of sp³-hybridized carbons (Fsp3) is 0.100. The topological polar surface area (TPSA) is 106 Å². The van der Waals surface area contributed by atoms with E-state index in [9.17, 15) is 20.0 Å². The first-order valence-corrected chi connectivity index (χ1v) is 4.34. The van der Waals surface area contributed by atoms with Gasteiger partial charge in [-0.15, -0.1) is 0 Å². The van der Waals surface area contributed by atoms with Gasteiger partial charge in [-0.25, -0.2) is 0 Å². The van der Waals surface area contributed by atoms with Crippen molar-refractivity contribution in [3.63, 3.8) is 0 Å². The van der Waals surface area contributed by atoms with Crippen LogP contribution in [0.2, 0.25) is 0 Å². The lowest BCUT2D eigenvalue weighted by atomic mass is 10.0. The smallest absolute Gasteiger partial charge is 0.269 e. The average Bonchev–Trinajstić information content (AvgIpc) is 2.27. The molecule has 0 aliphatic rings. The van der Waals surface area contributed by atoms with Gasteiger partial charge in [0.2, 0.25) is 5.91 Å². The zero-order chi connectivity index (χ0) is 12.3. The van der Waals surface area contributed by atoms with Gasteiger partial charge >= 0.3 is 0 Å². The van der Waals surface area contributed by atoms with E-state index in [0.717, 1.165) is 0 Å². The van der Waals surface area contributed by atoms with E-state index in [1.165, 1.54) is 24.3 Å². The molecule has 3 N–H and O–H groups in total. The lowest BCUT2D eigenvalue weighted by Crippen LogP contribution is -2.18. The minimum Gasteiger partial charge on any atom is -0.383 e. The fourth-order valence-corrected chi connectivity index (χ4v) is 1.14. The van der Waals surface area contributed by atoms with Gasteiger partial charge in [0.15, 0.2) is 0 Å². The van der Waals surface area contributed by atoms with Crippen molar-refractivity contribution in [1.29, 1.82) is 0 Å². The summed E-state index contributed by atoms with van der Waals surface area (Å²) in [5.74, 6) is -0.848. The SMILES string of the molecule is C=C(C(N)=O)C(O)c1cccc([N+](=O)[O-])c1. The number of nitro groups is 1. The first-order chi connectivity index (χ1) is 7.43. The molecular weight excluding hydrogens is 212 g/mol. The molecule has 0 fully saturated rings. The summed E-state index contributed by atoms with van der Waals surface area (Å²) in [5.41, 5.74) is 4.77. The Balaban J connectivity index is 3.05. The third-order valence-corrected chi connectivity index (χ3v) is 2.04. The fourth-order valence-electron chi connectivity index (χ4n) is 1.14. The zero-order valence-corrected chi connectivity index (χ0v) is 8.29. The standard InChI is InChI=1S/C10H10N2O4/c1-6(10(11)14)9(13)7-3-2-4-8(5-7)12(15)16/h2-5,9,13H,1H2,(H2,11,14). The van der Waals surface area contributed by atoms with Crippen LogP contribution in [0.3, 0.4) is 0 Å². The molecule has 0 aliphatic heterocycles. The highest BCUT2D eigenvalue weighted by Crippen LogP contribution is 2.23. The van der Waals surface area contributed by atoms with Crippen molar-refractivity contribution in [3.05, 3.63) is 52.1 Å². The van der Waals surface area contributed by atoms with Crippen LogP contribution in [0.15, 0.2) is 36.4 Å². The summed E-state index contributed by atoms with van der Waals surface area (Å²) < 4.78 is 0. The molecular formula is C10H10N2O4. The van der Waals surface area contributed by atoms with Crippen molar-refractivity contribution in [2.24, 2.45) is 5.73 Å². The van der Waals surface area contributed by atoms with Crippen molar-refractivity contribution in [3.8, 4) is 0 Å². The van der Waals surface area contributed by atoms with E-state index in [4.69, 9.17) is 5.73 Å². The van der Waals surface area contributed by atoms with E-state index in [-0.39, 0.29) is 16.8 Å². The lowest BCUT2D eigenvalue weighted by Gasteiger charge is -2.10. The molecule has 6 nitrogen and oxygen atoms in total. The number of amides is 1. The molecule has 1 amide bonds. The zero-order valence-electron chi connectivity index (χ0n) is 8.29. The number of hydrogen-bond donors (Lipinski definition) is 2. The van der Waals surface area contributed by atoms with Crippen LogP contribution in [0, 0.1) is 10.1 Å². The molecule has 16 heavy (non-hydrogen) atoms. The van der Waals surface area contributed by atoms with Crippen LogP contribution in [0.25, 0.3) is 0 Å². The van der Waals surface area contributed by atoms with Crippen LogP contribution in [0.1, 0.15) is 11.7 Å². The Hall–Kier alpha value is -2.21. The number of aliphatic hydroxyl groups excluding tert-OH is 1. The van der Waals surface area contributed by atoms with Gasteiger partial charge in [-0.3, -0.25) is 14.9 Å². The van der Waals surface area contributed by atoms with Gasteiger partial charge < -0.3 is 10.8 Å². The Kier molecular flexibility index (Phi) is 3.37. The number of hydrogen-bond acceptors (Lipinski definition) is 4. The number of nitrogens with zero attached hydrogens (tertiary/aromatic N) is 1. The van der Waals surface area contributed by atoms with Crippen LogP contribution < -0.4 is 5.73 Å². The summed E-state index contributed by atoms with van der Waals surface area (Å²) >= 11 is 0. The second kappa shape index (κ2) is 4.54. The van der Waals surface area contributed by atoms with E-state index >= 15 is 0 Å². The van der Waals surface area contributed by atoms with E-state index in [2.05, 4.69) is 6.58 Å². The molecule has 1 unspecified atom stereocenters. The summed E-state index contributed by atoms with van der Waals surface area (Å²) in [6.45, 7) is 3.31. The number of aliphatic hydroxyl groups is 1. The molecule has 1 atom stereocenters. The second-order valence-electron chi connectivity index (χ2n) is 3.14. The van der Waals surface area contributed by atoms with E-state index in [1.54, 1.807) is 0 Å². The van der Waals surface area contributed by atoms with Crippen molar-refractivity contribution < 1.29 is 14.8 Å². The number of nitro benzene ring substituents is 1. The van der Waals surface area contributed by atoms with Crippen LogP contribution >= 0.6 is 0 Å². The number of carbonyl (C=O) groups excluding carboxylic acids is 1. The first-order valence-electron chi connectivity index (χ1n) is 4.34. The minimum atomic E-state index is -1.32. The summed E-state index contributed by atoms with van der Waals surface area (Å²) in [6, 6.07) is 5.30. The van der Waals surface area contributed by atoms with Crippen LogP contribution in [0.4, 0.5) is 5.69 Å². The van der Waals surface area contributed by atoms with E-state index < -0.39 is 16.9 Å². The molecule has 0 saturated carbocycles. The highest BCUT2D eigenvalue weighted by molar-refractivity contribution is 5.92. The molecule has 1 aromatic carbocycles. The predicted octanol–water partition coefficient (Wildman–Crippen LogP) is 0.670. The summed E-state index contributed by atoms with van der Waals surface area (Å²) in [5, 5.41) is 20.1.